The highest BCUT2D eigenvalue weighted by molar-refractivity contribution is 8.00. The number of anilines is 1. The fourth-order valence-electron chi connectivity index (χ4n) is 2.61. The van der Waals surface area contributed by atoms with Crippen molar-refractivity contribution in [2.24, 2.45) is 0 Å². The molecule has 0 unspecified atom stereocenters. The summed E-state index contributed by atoms with van der Waals surface area (Å²) in [7, 11) is 1.50. The predicted octanol–water partition coefficient (Wildman–Crippen LogP) is 1.48. The molecule has 1 aliphatic heterocycles. The number of thioether (sulfide) groups is 1. The van der Waals surface area contributed by atoms with Gasteiger partial charge in [-0.05, 0) is 18.2 Å². The number of carboxylic acids is 1. The number of methoxy groups -OCH3 is 1. The molecule has 0 radical (unpaired) electrons. The van der Waals surface area contributed by atoms with E-state index in [-0.39, 0.29) is 23.8 Å². The Morgan fingerprint density at radius 2 is 1.96 bits per heavy atom. The summed E-state index contributed by atoms with van der Waals surface area (Å²) in [5, 5.41) is 10.5. The van der Waals surface area contributed by atoms with Gasteiger partial charge in [-0.15, -0.1) is 11.8 Å². The van der Waals surface area contributed by atoms with Crippen LogP contribution in [0.4, 0.5) is 5.69 Å². The van der Waals surface area contributed by atoms with E-state index in [1.54, 1.807) is 42.5 Å². The summed E-state index contributed by atoms with van der Waals surface area (Å²) >= 11 is 1.06. The molecule has 1 atom stereocenters. The molecule has 0 saturated carbocycles. The minimum Gasteiger partial charge on any atom is -0.545 e. The Morgan fingerprint density at radius 1 is 1.20 bits per heavy atom. The Bertz CT molecular complexity index is 851. The van der Waals surface area contributed by atoms with Crippen molar-refractivity contribution >= 4 is 35.2 Å². The minimum absolute atomic E-state index is 0.00208. The lowest BCUT2D eigenvalue weighted by atomic mass is 10.2. The second kappa shape index (κ2) is 6.98. The lowest BCUT2D eigenvalue weighted by Crippen LogP contribution is -2.31. The van der Waals surface area contributed by atoms with Crippen LogP contribution in [0.3, 0.4) is 0 Å². The highest BCUT2D eigenvalue weighted by atomic mass is 32.2. The first-order chi connectivity index (χ1) is 12.0. The SMILES string of the molecule is COc1cccc(N2C(=O)C[C@@H](Sc3ccccc3C(=O)[O-])C2=O)c1. The number of hydrogen-bond acceptors (Lipinski definition) is 6. The van der Waals surface area contributed by atoms with Crippen LogP contribution in [0.25, 0.3) is 0 Å². The molecule has 2 amide bonds. The molecule has 0 spiro atoms. The van der Waals surface area contributed by atoms with Crippen LogP contribution in [0, 0.1) is 0 Å². The van der Waals surface area contributed by atoms with E-state index in [0.717, 1.165) is 16.7 Å². The summed E-state index contributed by atoms with van der Waals surface area (Å²) < 4.78 is 5.12. The van der Waals surface area contributed by atoms with Gasteiger partial charge in [-0.25, -0.2) is 4.90 Å². The molecule has 25 heavy (non-hydrogen) atoms. The smallest absolute Gasteiger partial charge is 0.247 e. The number of carboxylic acid groups (broad SMARTS) is 1. The van der Waals surface area contributed by atoms with Crippen LogP contribution in [-0.4, -0.2) is 30.1 Å². The van der Waals surface area contributed by atoms with E-state index >= 15 is 0 Å². The van der Waals surface area contributed by atoms with Gasteiger partial charge in [0, 0.05) is 22.9 Å². The van der Waals surface area contributed by atoms with E-state index in [9.17, 15) is 19.5 Å². The van der Waals surface area contributed by atoms with Crippen molar-refractivity contribution in [3.05, 3.63) is 54.1 Å². The lowest BCUT2D eigenvalue weighted by molar-refractivity contribution is -0.255. The molecular formula is C18H14NO5S-. The van der Waals surface area contributed by atoms with Crippen molar-refractivity contribution in [1.29, 1.82) is 0 Å². The first-order valence-corrected chi connectivity index (χ1v) is 8.37. The van der Waals surface area contributed by atoms with Crippen molar-refractivity contribution in [2.45, 2.75) is 16.6 Å². The van der Waals surface area contributed by atoms with Gasteiger partial charge in [0.25, 0.3) is 0 Å². The summed E-state index contributed by atoms with van der Waals surface area (Å²) in [4.78, 5) is 37.7. The summed E-state index contributed by atoms with van der Waals surface area (Å²) in [5.41, 5.74) is 0.443. The molecule has 1 heterocycles. The third-order valence-electron chi connectivity index (χ3n) is 3.79. The minimum atomic E-state index is -1.32. The number of aromatic carboxylic acids is 1. The normalized spacial score (nSPS) is 17.0. The molecule has 0 aromatic heterocycles. The third kappa shape index (κ3) is 3.36. The van der Waals surface area contributed by atoms with Crippen molar-refractivity contribution in [2.75, 3.05) is 12.0 Å². The van der Waals surface area contributed by atoms with Gasteiger partial charge in [-0.3, -0.25) is 9.59 Å². The quantitative estimate of drug-likeness (QED) is 0.754. The van der Waals surface area contributed by atoms with Crippen LogP contribution < -0.4 is 14.7 Å². The first kappa shape index (κ1) is 17.0. The number of imide groups is 1. The van der Waals surface area contributed by atoms with Crippen LogP contribution in [0.5, 0.6) is 5.75 Å². The van der Waals surface area contributed by atoms with Gasteiger partial charge < -0.3 is 14.6 Å². The molecule has 128 valence electrons. The number of rotatable bonds is 5. The van der Waals surface area contributed by atoms with Crippen LogP contribution in [0.1, 0.15) is 16.8 Å². The van der Waals surface area contributed by atoms with Gasteiger partial charge in [0.15, 0.2) is 0 Å². The molecule has 7 heteroatoms. The predicted molar refractivity (Wildman–Crippen MR) is 90.5 cm³/mol. The molecule has 0 aliphatic carbocycles. The monoisotopic (exact) mass is 356 g/mol. The second-order valence-corrected chi connectivity index (χ2v) is 6.61. The van der Waals surface area contributed by atoms with Gasteiger partial charge in [0.05, 0.1) is 24.0 Å². The van der Waals surface area contributed by atoms with Crippen molar-refractivity contribution in [3.63, 3.8) is 0 Å². The molecule has 0 bridgehead atoms. The second-order valence-electron chi connectivity index (χ2n) is 5.36. The van der Waals surface area contributed by atoms with Crippen molar-refractivity contribution < 1.29 is 24.2 Å². The molecular weight excluding hydrogens is 342 g/mol. The summed E-state index contributed by atoms with van der Waals surface area (Å²) in [6, 6.07) is 13.0. The molecule has 0 N–H and O–H groups in total. The fraction of sp³-hybridized carbons (Fsp3) is 0.167. The molecule has 3 rings (SSSR count). The van der Waals surface area contributed by atoms with Crippen molar-refractivity contribution in [3.8, 4) is 5.75 Å². The average Bonchev–Trinajstić information content (AvgIpc) is 2.89. The number of hydrogen-bond donors (Lipinski definition) is 0. The number of benzene rings is 2. The van der Waals surface area contributed by atoms with E-state index in [1.807, 2.05) is 0 Å². The van der Waals surface area contributed by atoms with Gasteiger partial charge in [-0.1, -0.05) is 24.3 Å². The van der Waals surface area contributed by atoms with Gasteiger partial charge in [-0.2, -0.15) is 0 Å². The molecule has 6 nitrogen and oxygen atoms in total. The molecule has 1 aliphatic rings. The topological polar surface area (TPSA) is 86.7 Å². The molecule has 2 aromatic carbocycles. The number of carbonyl (C=O) groups excluding carboxylic acids is 3. The maximum atomic E-state index is 12.7. The van der Waals surface area contributed by atoms with E-state index in [0.29, 0.717) is 16.3 Å². The number of nitrogens with zero attached hydrogens (tertiary/aromatic N) is 1. The Kier molecular flexibility index (Phi) is 4.76. The van der Waals surface area contributed by atoms with Crippen LogP contribution >= 0.6 is 11.8 Å². The average molecular weight is 356 g/mol. The first-order valence-electron chi connectivity index (χ1n) is 7.49. The fourth-order valence-corrected chi connectivity index (χ4v) is 3.78. The van der Waals surface area contributed by atoms with Gasteiger partial charge in [0.2, 0.25) is 11.8 Å². The van der Waals surface area contributed by atoms with Crippen LogP contribution in [0.2, 0.25) is 0 Å². The maximum Gasteiger partial charge on any atom is 0.247 e. The van der Waals surface area contributed by atoms with Crippen LogP contribution in [-0.2, 0) is 9.59 Å². The summed E-state index contributed by atoms with van der Waals surface area (Å²) in [6.45, 7) is 0. The summed E-state index contributed by atoms with van der Waals surface area (Å²) in [6.07, 6.45) is 0.00208. The number of carbonyl (C=O) groups is 3. The lowest BCUT2D eigenvalue weighted by Gasteiger charge is -2.16. The zero-order valence-corrected chi connectivity index (χ0v) is 14.1. The third-order valence-corrected chi connectivity index (χ3v) is 5.06. The Balaban J connectivity index is 1.86. The Hall–Kier alpha value is -2.80. The zero-order chi connectivity index (χ0) is 18.0. The summed E-state index contributed by atoms with van der Waals surface area (Å²) in [5.74, 6) is -1.49. The van der Waals surface area contributed by atoms with E-state index in [1.165, 1.54) is 13.2 Å². The Labute approximate surface area is 148 Å². The zero-order valence-electron chi connectivity index (χ0n) is 13.3. The van der Waals surface area contributed by atoms with Crippen molar-refractivity contribution in [1.82, 2.24) is 0 Å². The Morgan fingerprint density at radius 3 is 2.68 bits per heavy atom. The maximum absolute atomic E-state index is 12.7. The van der Waals surface area contributed by atoms with E-state index in [4.69, 9.17) is 4.74 Å². The molecule has 1 saturated heterocycles. The largest absolute Gasteiger partial charge is 0.545 e. The number of ether oxygens (including phenoxy) is 1. The number of amides is 2. The van der Waals surface area contributed by atoms with Crippen LogP contribution in [0.15, 0.2) is 53.4 Å². The van der Waals surface area contributed by atoms with E-state index < -0.39 is 11.2 Å². The van der Waals surface area contributed by atoms with Gasteiger partial charge in [0.1, 0.15) is 5.75 Å². The highest BCUT2D eigenvalue weighted by Gasteiger charge is 2.40. The molecule has 2 aromatic rings. The van der Waals surface area contributed by atoms with E-state index in [2.05, 4.69) is 0 Å². The standard InChI is InChI=1S/C18H15NO5S/c1-24-12-6-4-5-11(9-12)19-16(20)10-15(17(19)21)25-14-8-3-2-7-13(14)18(22)23/h2-9,15H,10H2,1H3,(H,22,23)/p-1/t15-/m1/s1. The molecule has 1 fully saturated rings. The van der Waals surface area contributed by atoms with Gasteiger partial charge >= 0.3 is 0 Å². The highest BCUT2D eigenvalue weighted by Crippen LogP contribution is 2.36.